The Morgan fingerprint density at radius 1 is 0.912 bits per heavy atom. The summed E-state index contributed by atoms with van der Waals surface area (Å²) < 4.78 is 21.1. The number of carbonyl (C=O) groups is 3. The van der Waals surface area contributed by atoms with Gasteiger partial charge in [0.1, 0.15) is 11.5 Å². The van der Waals surface area contributed by atoms with Crippen molar-refractivity contribution in [2.45, 2.75) is 6.92 Å². The predicted octanol–water partition coefficient (Wildman–Crippen LogP) is 3.99. The Bertz CT molecular complexity index is 1130. The highest BCUT2D eigenvalue weighted by Crippen LogP contribution is 2.29. The van der Waals surface area contributed by atoms with Crippen LogP contribution < -0.4 is 18.9 Å². The van der Waals surface area contributed by atoms with E-state index in [1.807, 2.05) is 0 Å². The highest BCUT2D eigenvalue weighted by atomic mass is 16.5. The van der Waals surface area contributed by atoms with E-state index in [1.54, 1.807) is 31.2 Å². The molecule has 9 nitrogen and oxygen atoms in total. The largest absolute Gasteiger partial charge is 0.493 e. The van der Waals surface area contributed by atoms with E-state index in [9.17, 15) is 14.4 Å². The molecule has 2 N–H and O–H groups in total. The maximum Gasteiger partial charge on any atom is 0.341 e. The zero-order chi connectivity index (χ0) is 25.1. The zero-order valence-corrected chi connectivity index (χ0v) is 18.6. The molecule has 0 aliphatic rings. The van der Waals surface area contributed by atoms with E-state index in [0.29, 0.717) is 17.1 Å². The Kier molecular flexibility index (Phi) is 9.45. The summed E-state index contributed by atoms with van der Waals surface area (Å²) in [7, 11) is 1.41. The molecular weight excluding hydrogens is 444 g/mol. The number of hydrogen-bond acceptors (Lipinski definition) is 7. The number of aliphatic carboxylic acids is 2. The topological polar surface area (TPSA) is 129 Å². The van der Waals surface area contributed by atoms with Gasteiger partial charge in [0.05, 0.1) is 18.9 Å². The standard InChI is InChI=1S/C25H24O9/c1-16(2)10-11-32-18-6-7-19(22(13-18)34-15-25(29)30)20(26)8-4-17-5-9-21(23(12-17)31-3)33-14-24(27)28/h4-13H,1,14-15H2,2-3H3,(H,27,28)(H,29,30)/b8-4+,11-10+. The summed E-state index contributed by atoms with van der Waals surface area (Å²) in [6.45, 7) is 4.36. The molecule has 2 rings (SSSR count). The van der Waals surface area contributed by atoms with Gasteiger partial charge < -0.3 is 29.2 Å². The molecule has 0 aliphatic heterocycles. The predicted molar refractivity (Wildman–Crippen MR) is 124 cm³/mol. The van der Waals surface area contributed by atoms with Gasteiger partial charge in [0.2, 0.25) is 0 Å². The number of hydrogen-bond donors (Lipinski definition) is 2. The van der Waals surface area contributed by atoms with Gasteiger partial charge in [-0.2, -0.15) is 0 Å². The van der Waals surface area contributed by atoms with Gasteiger partial charge in [-0.1, -0.05) is 24.3 Å². The molecular formula is C25H24O9. The number of ether oxygens (including phenoxy) is 4. The van der Waals surface area contributed by atoms with Crippen molar-refractivity contribution >= 4 is 23.8 Å². The first-order valence-electron chi connectivity index (χ1n) is 9.92. The Morgan fingerprint density at radius 3 is 2.21 bits per heavy atom. The SMILES string of the molecule is C=C(C)/C=C/Oc1ccc(C(=O)/C=C/c2ccc(OCC(=O)O)c(OC)c2)c(OCC(=O)O)c1. The number of benzene rings is 2. The van der Waals surface area contributed by atoms with Crippen molar-refractivity contribution in [1.82, 2.24) is 0 Å². The lowest BCUT2D eigenvalue weighted by Crippen LogP contribution is -2.11. The van der Waals surface area contributed by atoms with Crippen LogP contribution in [0.4, 0.5) is 0 Å². The zero-order valence-electron chi connectivity index (χ0n) is 18.6. The third-order valence-electron chi connectivity index (χ3n) is 4.09. The van der Waals surface area contributed by atoms with Crippen LogP contribution in [0.1, 0.15) is 22.8 Å². The molecule has 0 fully saturated rings. The Morgan fingerprint density at radius 2 is 1.59 bits per heavy atom. The number of carboxylic acids is 2. The minimum Gasteiger partial charge on any atom is -0.493 e. The van der Waals surface area contributed by atoms with Crippen molar-refractivity contribution in [3.63, 3.8) is 0 Å². The number of rotatable bonds is 13. The van der Waals surface area contributed by atoms with Gasteiger partial charge in [-0.15, -0.1) is 0 Å². The van der Waals surface area contributed by atoms with Crippen molar-refractivity contribution in [2.75, 3.05) is 20.3 Å². The molecule has 9 heteroatoms. The summed E-state index contributed by atoms with van der Waals surface area (Å²) in [5, 5.41) is 17.7. The normalized spacial score (nSPS) is 10.8. The van der Waals surface area contributed by atoms with Crippen molar-refractivity contribution < 1.29 is 43.5 Å². The van der Waals surface area contributed by atoms with Gasteiger partial charge in [-0.3, -0.25) is 4.79 Å². The smallest absolute Gasteiger partial charge is 0.341 e. The molecule has 0 unspecified atom stereocenters. The van der Waals surface area contributed by atoms with Crippen LogP contribution in [-0.2, 0) is 9.59 Å². The quantitative estimate of drug-likeness (QED) is 0.194. The van der Waals surface area contributed by atoms with Crippen LogP contribution in [0.3, 0.4) is 0 Å². The van der Waals surface area contributed by atoms with Crippen molar-refractivity contribution in [3.8, 4) is 23.0 Å². The van der Waals surface area contributed by atoms with E-state index >= 15 is 0 Å². The van der Waals surface area contributed by atoms with Crippen LogP contribution in [0.5, 0.6) is 23.0 Å². The minimum atomic E-state index is -1.19. The molecule has 0 bridgehead atoms. The summed E-state index contributed by atoms with van der Waals surface area (Å²) >= 11 is 0. The Hall–Kier alpha value is -4.53. The summed E-state index contributed by atoms with van der Waals surface area (Å²) in [6.07, 6.45) is 5.87. The molecule has 0 aromatic heterocycles. The second-order valence-electron chi connectivity index (χ2n) is 6.90. The summed E-state index contributed by atoms with van der Waals surface area (Å²) in [5.41, 5.74) is 1.50. The molecule has 0 saturated heterocycles. The Labute approximate surface area is 196 Å². The first-order chi connectivity index (χ1) is 16.2. The molecule has 34 heavy (non-hydrogen) atoms. The third-order valence-corrected chi connectivity index (χ3v) is 4.09. The number of carboxylic acid groups (broad SMARTS) is 2. The maximum absolute atomic E-state index is 12.8. The fourth-order valence-corrected chi connectivity index (χ4v) is 2.58. The van der Waals surface area contributed by atoms with E-state index in [1.165, 1.54) is 43.7 Å². The highest BCUT2D eigenvalue weighted by molar-refractivity contribution is 6.08. The second kappa shape index (κ2) is 12.5. The molecule has 2 aromatic carbocycles. The van der Waals surface area contributed by atoms with E-state index in [4.69, 9.17) is 29.2 Å². The number of allylic oxidation sites excluding steroid dienone is 3. The molecule has 178 valence electrons. The average Bonchev–Trinajstić information content (AvgIpc) is 2.79. The van der Waals surface area contributed by atoms with Gasteiger partial charge in [-0.25, -0.2) is 9.59 Å². The lowest BCUT2D eigenvalue weighted by atomic mass is 10.1. The number of carbonyl (C=O) groups excluding carboxylic acids is 1. The van der Waals surface area contributed by atoms with E-state index in [2.05, 4.69) is 6.58 Å². The second-order valence-corrected chi connectivity index (χ2v) is 6.90. The fraction of sp³-hybridized carbons (Fsp3) is 0.160. The summed E-state index contributed by atoms with van der Waals surface area (Å²) in [6, 6.07) is 9.17. The summed E-state index contributed by atoms with van der Waals surface area (Å²) in [4.78, 5) is 34.4. The minimum absolute atomic E-state index is 0.0493. The fourth-order valence-electron chi connectivity index (χ4n) is 2.58. The van der Waals surface area contributed by atoms with Crippen molar-refractivity contribution in [1.29, 1.82) is 0 Å². The number of methoxy groups -OCH3 is 1. The Balaban J connectivity index is 2.24. The third kappa shape index (κ3) is 8.19. The molecule has 0 saturated carbocycles. The summed E-state index contributed by atoms with van der Waals surface area (Å²) in [5.74, 6) is -1.82. The van der Waals surface area contributed by atoms with Gasteiger partial charge >= 0.3 is 11.9 Å². The van der Waals surface area contributed by atoms with E-state index in [0.717, 1.165) is 5.57 Å². The molecule has 0 spiro atoms. The molecule has 0 atom stereocenters. The highest BCUT2D eigenvalue weighted by Gasteiger charge is 2.14. The average molecular weight is 468 g/mol. The lowest BCUT2D eigenvalue weighted by molar-refractivity contribution is -0.140. The van der Waals surface area contributed by atoms with Crippen LogP contribution in [0.25, 0.3) is 6.08 Å². The first-order valence-corrected chi connectivity index (χ1v) is 9.92. The first kappa shape index (κ1) is 25.7. The maximum atomic E-state index is 12.8. The van der Waals surface area contributed by atoms with Gasteiger partial charge in [-0.05, 0) is 48.9 Å². The lowest BCUT2D eigenvalue weighted by Gasteiger charge is -2.11. The van der Waals surface area contributed by atoms with Gasteiger partial charge in [0, 0.05) is 6.07 Å². The van der Waals surface area contributed by atoms with Crippen LogP contribution in [-0.4, -0.2) is 48.3 Å². The van der Waals surface area contributed by atoms with Crippen molar-refractivity contribution in [3.05, 3.63) is 78.1 Å². The van der Waals surface area contributed by atoms with E-state index in [-0.39, 0.29) is 17.1 Å². The molecule has 0 amide bonds. The monoisotopic (exact) mass is 468 g/mol. The van der Waals surface area contributed by atoms with E-state index < -0.39 is 30.9 Å². The van der Waals surface area contributed by atoms with Gasteiger partial charge in [0.25, 0.3) is 0 Å². The van der Waals surface area contributed by atoms with Crippen LogP contribution >= 0.6 is 0 Å². The molecule has 0 aliphatic carbocycles. The molecule has 0 radical (unpaired) electrons. The molecule has 0 heterocycles. The van der Waals surface area contributed by atoms with Crippen LogP contribution in [0.15, 0.2) is 67.0 Å². The van der Waals surface area contributed by atoms with Gasteiger partial charge in [0.15, 0.2) is 30.5 Å². The van der Waals surface area contributed by atoms with Crippen molar-refractivity contribution in [2.24, 2.45) is 0 Å². The number of ketones is 1. The molecule has 2 aromatic rings. The van der Waals surface area contributed by atoms with Crippen LogP contribution in [0, 0.1) is 0 Å². The van der Waals surface area contributed by atoms with Crippen LogP contribution in [0.2, 0.25) is 0 Å².